The molecule has 4 heteroatoms. The van der Waals surface area contributed by atoms with E-state index >= 15 is 0 Å². The monoisotopic (exact) mass is 186 g/mol. The van der Waals surface area contributed by atoms with Crippen LogP contribution in [0.5, 0.6) is 0 Å². The van der Waals surface area contributed by atoms with Crippen molar-refractivity contribution in [3.8, 4) is 6.07 Å². The van der Waals surface area contributed by atoms with Crippen LogP contribution < -0.4 is 0 Å². The molecule has 1 unspecified atom stereocenters. The number of halogens is 1. The third-order valence-electron chi connectivity index (χ3n) is 1.25. The molecule has 0 aromatic carbocycles. The molecule has 1 aromatic rings. The summed E-state index contributed by atoms with van der Waals surface area (Å²) in [6, 6.07) is 2.10. The topological polar surface area (TPSA) is 36.7 Å². The lowest BCUT2D eigenvalue weighted by Crippen LogP contribution is -1.95. The molecule has 0 aliphatic heterocycles. The van der Waals surface area contributed by atoms with Crippen LogP contribution in [0.1, 0.15) is 16.6 Å². The third-order valence-corrected chi connectivity index (χ3v) is 2.63. The number of alkyl halides is 1. The average molecular weight is 187 g/mol. The van der Waals surface area contributed by atoms with E-state index in [1.54, 1.807) is 0 Å². The molecule has 1 rings (SSSR count). The van der Waals surface area contributed by atoms with Gasteiger partial charge in [0.15, 0.2) is 0 Å². The van der Waals surface area contributed by atoms with Crippen LogP contribution in [0.3, 0.4) is 0 Å². The Balaban J connectivity index is 2.84. The summed E-state index contributed by atoms with van der Waals surface area (Å²) in [5.74, 6) is 0.0825. The molecule has 0 aliphatic rings. The van der Waals surface area contributed by atoms with E-state index in [-0.39, 0.29) is 5.92 Å². The lowest BCUT2D eigenvalue weighted by molar-refractivity contribution is 0.956. The van der Waals surface area contributed by atoms with Crippen LogP contribution in [0.2, 0.25) is 0 Å². The summed E-state index contributed by atoms with van der Waals surface area (Å²) in [5.41, 5.74) is 0.954. The number of hydrogen-bond acceptors (Lipinski definition) is 3. The summed E-state index contributed by atoms with van der Waals surface area (Å²) in [5, 5.41) is 11.4. The van der Waals surface area contributed by atoms with Crippen molar-refractivity contribution in [2.45, 2.75) is 12.8 Å². The van der Waals surface area contributed by atoms with Gasteiger partial charge < -0.3 is 0 Å². The number of nitrogens with zero attached hydrogens (tertiary/aromatic N) is 2. The number of aromatic nitrogens is 1. The maximum absolute atomic E-state index is 8.62. The Morgan fingerprint density at radius 2 is 2.64 bits per heavy atom. The maximum Gasteiger partial charge on any atom is 0.111 e. The fourth-order valence-electron chi connectivity index (χ4n) is 0.688. The predicted octanol–water partition coefficient (Wildman–Crippen LogP) is 2.30. The van der Waals surface area contributed by atoms with Crippen molar-refractivity contribution >= 4 is 22.9 Å². The van der Waals surface area contributed by atoms with Gasteiger partial charge in [0.2, 0.25) is 0 Å². The number of thiazole rings is 1. The zero-order valence-electron chi connectivity index (χ0n) is 6.04. The molecule has 11 heavy (non-hydrogen) atoms. The molecule has 0 saturated carbocycles. The van der Waals surface area contributed by atoms with Gasteiger partial charge in [0, 0.05) is 17.0 Å². The second-order valence-electron chi connectivity index (χ2n) is 2.16. The van der Waals surface area contributed by atoms with Crippen LogP contribution in [0.15, 0.2) is 5.38 Å². The second-order valence-corrected chi connectivity index (χ2v) is 3.36. The first-order valence-corrected chi connectivity index (χ1v) is 4.57. The summed E-state index contributed by atoms with van der Waals surface area (Å²) < 4.78 is 0. The van der Waals surface area contributed by atoms with Gasteiger partial charge in [-0.05, 0) is 6.92 Å². The molecule has 0 bridgehead atoms. The van der Waals surface area contributed by atoms with E-state index < -0.39 is 0 Å². The Kier molecular flexibility index (Phi) is 2.86. The van der Waals surface area contributed by atoms with E-state index in [0.717, 1.165) is 10.7 Å². The molecule has 0 N–H and O–H groups in total. The van der Waals surface area contributed by atoms with Crippen molar-refractivity contribution in [3.05, 3.63) is 16.1 Å². The van der Waals surface area contributed by atoms with Crippen LogP contribution in [0, 0.1) is 18.3 Å². The number of rotatable bonds is 2. The minimum atomic E-state index is -0.240. The summed E-state index contributed by atoms with van der Waals surface area (Å²) in [4.78, 5) is 4.16. The highest BCUT2D eigenvalue weighted by atomic mass is 35.5. The highest BCUT2D eigenvalue weighted by molar-refractivity contribution is 7.09. The predicted molar refractivity (Wildman–Crippen MR) is 45.9 cm³/mol. The zero-order valence-corrected chi connectivity index (χ0v) is 7.61. The van der Waals surface area contributed by atoms with Gasteiger partial charge in [0.05, 0.1) is 6.07 Å². The molecule has 0 aliphatic carbocycles. The van der Waals surface area contributed by atoms with Crippen LogP contribution in [-0.2, 0) is 0 Å². The SMILES string of the molecule is Cc1csc(C(C#N)CCl)n1. The maximum atomic E-state index is 8.62. The van der Waals surface area contributed by atoms with Gasteiger partial charge in [-0.2, -0.15) is 5.26 Å². The molecule has 0 saturated heterocycles. The third kappa shape index (κ3) is 1.92. The lowest BCUT2D eigenvalue weighted by Gasteiger charge is -1.96. The quantitative estimate of drug-likeness (QED) is 0.665. The summed E-state index contributed by atoms with van der Waals surface area (Å²) in [6.07, 6.45) is 0. The summed E-state index contributed by atoms with van der Waals surface area (Å²) in [7, 11) is 0. The first-order chi connectivity index (χ1) is 5.27. The van der Waals surface area contributed by atoms with Gasteiger partial charge in [-0.1, -0.05) is 0 Å². The first-order valence-electron chi connectivity index (χ1n) is 3.15. The number of hydrogen-bond donors (Lipinski definition) is 0. The van der Waals surface area contributed by atoms with Crippen molar-refractivity contribution in [1.29, 1.82) is 5.26 Å². The average Bonchev–Trinajstić information content (AvgIpc) is 2.39. The first kappa shape index (κ1) is 8.51. The van der Waals surface area contributed by atoms with Crippen molar-refractivity contribution in [1.82, 2.24) is 4.98 Å². The molecule has 2 nitrogen and oxygen atoms in total. The van der Waals surface area contributed by atoms with Crippen molar-refractivity contribution < 1.29 is 0 Å². The minimum absolute atomic E-state index is 0.240. The fraction of sp³-hybridized carbons (Fsp3) is 0.429. The van der Waals surface area contributed by atoms with Crippen molar-refractivity contribution in [2.75, 3.05) is 5.88 Å². The largest absolute Gasteiger partial charge is 0.245 e. The Labute approximate surface area is 74.4 Å². The number of nitriles is 1. The highest BCUT2D eigenvalue weighted by Crippen LogP contribution is 2.20. The van der Waals surface area contributed by atoms with Gasteiger partial charge in [-0.25, -0.2) is 4.98 Å². The Bertz CT molecular complexity index is 276. The smallest absolute Gasteiger partial charge is 0.111 e. The zero-order chi connectivity index (χ0) is 8.27. The van der Waals surface area contributed by atoms with Crippen LogP contribution in [-0.4, -0.2) is 10.9 Å². The Morgan fingerprint density at radius 1 is 1.91 bits per heavy atom. The van der Waals surface area contributed by atoms with E-state index in [4.69, 9.17) is 16.9 Å². The second kappa shape index (κ2) is 3.70. The van der Waals surface area contributed by atoms with Gasteiger partial charge in [-0.15, -0.1) is 22.9 Å². The van der Waals surface area contributed by atoms with Gasteiger partial charge in [0.25, 0.3) is 0 Å². The van der Waals surface area contributed by atoms with E-state index in [2.05, 4.69) is 11.1 Å². The standard InChI is InChI=1S/C7H7ClN2S/c1-5-4-11-7(10-5)6(2-8)3-9/h4,6H,2H2,1H3. The Hall–Kier alpha value is -0.590. The molecular weight excluding hydrogens is 180 g/mol. The van der Waals surface area contributed by atoms with Crippen LogP contribution in [0.25, 0.3) is 0 Å². The van der Waals surface area contributed by atoms with Gasteiger partial charge in [0.1, 0.15) is 10.9 Å². The molecule has 0 spiro atoms. The number of aryl methyl sites for hydroxylation is 1. The van der Waals surface area contributed by atoms with Crippen molar-refractivity contribution in [3.63, 3.8) is 0 Å². The molecular formula is C7H7ClN2S. The van der Waals surface area contributed by atoms with Crippen LogP contribution in [0.4, 0.5) is 0 Å². The summed E-state index contributed by atoms with van der Waals surface area (Å²) >= 11 is 7.04. The highest BCUT2D eigenvalue weighted by Gasteiger charge is 2.11. The van der Waals surface area contributed by atoms with Gasteiger partial charge >= 0.3 is 0 Å². The molecule has 1 heterocycles. The Morgan fingerprint density at radius 3 is 3.00 bits per heavy atom. The molecule has 1 atom stereocenters. The van der Waals surface area contributed by atoms with E-state index in [1.165, 1.54) is 11.3 Å². The van der Waals surface area contributed by atoms with Crippen LogP contribution >= 0.6 is 22.9 Å². The normalized spacial score (nSPS) is 12.5. The van der Waals surface area contributed by atoms with E-state index in [9.17, 15) is 0 Å². The van der Waals surface area contributed by atoms with Crippen molar-refractivity contribution in [2.24, 2.45) is 0 Å². The molecule has 1 aromatic heterocycles. The molecule has 0 radical (unpaired) electrons. The summed E-state index contributed by atoms with van der Waals surface area (Å²) in [6.45, 7) is 1.91. The molecule has 58 valence electrons. The van der Waals surface area contributed by atoms with Gasteiger partial charge in [-0.3, -0.25) is 0 Å². The van der Waals surface area contributed by atoms with E-state index in [1.807, 2.05) is 12.3 Å². The fourth-order valence-corrected chi connectivity index (χ4v) is 1.84. The molecule has 0 fully saturated rings. The molecule has 0 amide bonds. The minimum Gasteiger partial charge on any atom is -0.245 e. The lowest BCUT2D eigenvalue weighted by atomic mass is 10.2. The van der Waals surface area contributed by atoms with E-state index in [0.29, 0.717) is 5.88 Å².